The number of benzene rings is 2. The number of carbonyl (C=O) groups excluding carboxylic acids is 1. The summed E-state index contributed by atoms with van der Waals surface area (Å²) >= 11 is 1.67. The minimum absolute atomic E-state index is 0.0842. The molecule has 0 spiro atoms. The standard InChI is InChI=1S/C21H27NOS/c1-5-17-8-7-9-18(6-2)21(17)22-20(23)14-24-13-19-12-15(3)10-11-16(19)4/h7-12H,5-6,13-14H2,1-4H3,(H,22,23). The summed E-state index contributed by atoms with van der Waals surface area (Å²) in [5.41, 5.74) is 7.31. The minimum atomic E-state index is 0.0842. The Morgan fingerprint density at radius 3 is 2.29 bits per heavy atom. The van der Waals surface area contributed by atoms with E-state index in [-0.39, 0.29) is 5.91 Å². The van der Waals surface area contributed by atoms with E-state index in [1.165, 1.54) is 27.8 Å². The molecule has 3 heteroatoms. The second-order valence-corrected chi connectivity index (χ2v) is 7.11. The van der Waals surface area contributed by atoms with Crippen molar-refractivity contribution in [1.82, 2.24) is 0 Å². The number of carbonyl (C=O) groups is 1. The summed E-state index contributed by atoms with van der Waals surface area (Å²) in [6.07, 6.45) is 1.86. The first kappa shape index (κ1) is 18.6. The number of hydrogen-bond acceptors (Lipinski definition) is 2. The zero-order valence-electron chi connectivity index (χ0n) is 15.1. The Balaban J connectivity index is 1.96. The highest BCUT2D eigenvalue weighted by Crippen LogP contribution is 2.23. The molecule has 2 nitrogen and oxygen atoms in total. The molecule has 2 rings (SSSR count). The molecular weight excluding hydrogens is 314 g/mol. The fraction of sp³-hybridized carbons (Fsp3) is 0.381. The molecule has 0 aliphatic heterocycles. The molecular formula is C21H27NOS. The lowest BCUT2D eigenvalue weighted by Gasteiger charge is -2.14. The number of nitrogens with one attached hydrogen (secondary N) is 1. The lowest BCUT2D eigenvalue weighted by atomic mass is 10.0. The maximum Gasteiger partial charge on any atom is 0.234 e. The summed E-state index contributed by atoms with van der Waals surface area (Å²) in [6.45, 7) is 8.48. The molecule has 0 fully saturated rings. The van der Waals surface area contributed by atoms with Gasteiger partial charge < -0.3 is 5.32 Å². The molecule has 0 aromatic heterocycles. The van der Waals surface area contributed by atoms with E-state index in [0.717, 1.165) is 24.3 Å². The average molecular weight is 342 g/mol. The fourth-order valence-electron chi connectivity index (χ4n) is 2.79. The van der Waals surface area contributed by atoms with Gasteiger partial charge in [-0.15, -0.1) is 11.8 Å². The highest BCUT2D eigenvalue weighted by atomic mass is 32.2. The summed E-state index contributed by atoms with van der Waals surface area (Å²) < 4.78 is 0. The van der Waals surface area contributed by atoms with Gasteiger partial charge in [-0.25, -0.2) is 0 Å². The fourth-order valence-corrected chi connectivity index (χ4v) is 3.68. The van der Waals surface area contributed by atoms with Crippen molar-refractivity contribution in [3.8, 4) is 0 Å². The topological polar surface area (TPSA) is 29.1 Å². The van der Waals surface area contributed by atoms with Crippen molar-refractivity contribution < 1.29 is 4.79 Å². The van der Waals surface area contributed by atoms with Crippen molar-refractivity contribution in [3.05, 3.63) is 64.2 Å². The molecule has 24 heavy (non-hydrogen) atoms. The van der Waals surface area contributed by atoms with Gasteiger partial charge in [0.2, 0.25) is 5.91 Å². The first-order valence-corrected chi connectivity index (χ1v) is 9.75. The van der Waals surface area contributed by atoms with Crippen molar-refractivity contribution in [1.29, 1.82) is 0 Å². The lowest BCUT2D eigenvalue weighted by molar-refractivity contribution is -0.113. The van der Waals surface area contributed by atoms with Crippen LogP contribution in [0.15, 0.2) is 36.4 Å². The molecule has 0 unspecified atom stereocenters. The lowest BCUT2D eigenvalue weighted by Crippen LogP contribution is -2.17. The molecule has 0 saturated heterocycles. The van der Waals surface area contributed by atoms with Gasteiger partial charge in [0, 0.05) is 11.4 Å². The summed E-state index contributed by atoms with van der Waals surface area (Å²) in [4.78, 5) is 12.4. The van der Waals surface area contributed by atoms with Crippen LogP contribution in [0, 0.1) is 13.8 Å². The Morgan fingerprint density at radius 1 is 1.00 bits per heavy atom. The molecule has 0 aliphatic rings. The van der Waals surface area contributed by atoms with E-state index in [1.54, 1.807) is 11.8 Å². The van der Waals surface area contributed by atoms with Gasteiger partial charge in [-0.2, -0.15) is 0 Å². The van der Waals surface area contributed by atoms with Gasteiger partial charge >= 0.3 is 0 Å². The molecule has 2 aromatic carbocycles. The number of thioether (sulfide) groups is 1. The molecule has 1 amide bonds. The SMILES string of the molecule is CCc1cccc(CC)c1NC(=O)CSCc1cc(C)ccc1C. The molecule has 0 heterocycles. The predicted octanol–water partition coefficient (Wildman–Crippen LogP) is 5.30. The second-order valence-electron chi connectivity index (χ2n) is 6.13. The molecule has 128 valence electrons. The zero-order valence-corrected chi connectivity index (χ0v) is 15.9. The Hall–Kier alpha value is -1.74. The molecule has 1 N–H and O–H groups in total. The third-order valence-electron chi connectivity index (χ3n) is 4.26. The number of hydrogen-bond donors (Lipinski definition) is 1. The van der Waals surface area contributed by atoms with E-state index in [4.69, 9.17) is 0 Å². The van der Waals surface area contributed by atoms with Gasteiger partial charge in [-0.3, -0.25) is 4.79 Å². The highest BCUT2D eigenvalue weighted by Gasteiger charge is 2.10. The van der Waals surface area contributed by atoms with Gasteiger partial charge in [0.1, 0.15) is 0 Å². The van der Waals surface area contributed by atoms with Gasteiger partial charge in [-0.1, -0.05) is 55.8 Å². The van der Waals surface area contributed by atoms with E-state index >= 15 is 0 Å². The molecule has 0 atom stereocenters. The second kappa shape index (κ2) is 8.93. The third-order valence-corrected chi connectivity index (χ3v) is 5.24. The van der Waals surface area contributed by atoms with Crippen LogP contribution < -0.4 is 5.32 Å². The van der Waals surface area contributed by atoms with Gasteiger partial charge in [-0.05, 0) is 48.9 Å². The highest BCUT2D eigenvalue weighted by molar-refractivity contribution is 7.99. The van der Waals surface area contributed by atoms with E-state index in [1.807, 2.05) is 0 Å². The predicted molar refractivity (Wildman–Crippen MR) is 106 cm³/mol. The Labute approximate surface area is 150 Å². The van der Waals surface area contributed by atoms with Gasteiger partial charge in [0.25, 0.3) is 0 Å². The first-order valence-electron chi connectivity index (χ1n) is 8.59. The average Bonchev–Trinajstić information content (AvgIpc) is 2.58. The monoisotopic (exact) mass is 341 g/mol. The Bertz CT molecular complexity index is 687. The first-order chi connectivity index (χ1) is 11.5. The van der Waals surface area contributed by atoms with Crippen LogP contribution in [-0.2, 0) is 23.4 Å². The number of aryl methyl sites for hydroxylation is 4. The quantitative estimate of drug-likeness (QED) is 0.740. The van der Waals surface area contributed by atoms with Crippen molar-refractivity contribution >= 4 is 23.4 Å². The molecule has 0 radical (unpaired) electrons. The summed E-state index contributed by atoms with van der Waals surface area (Å²) in [6, 6.07) is 12.8. The van der Waals surface area contributed by atoms with E-state index in [0.29, 0.717) is 5.75 Å². The number of para-hydroxylation sites is 1. The number of amides is 1. The maximum atomic E-state index is 12.4. The van der Waals surface area contributed by atoms with Crippen LogP contribution in [0.5, 0.6) is 0 Å². The van der Waals surface area contributed by atoms with Crippen molar-refractivity contribution in [2.45, 2.75) is 46.3 Å². The maximum absolute atomic E-state index is 12.4. The van der Waals surface area contributed by atoms with Crippen LogP contribution in [0.25, 0.3) is 0 Å². The van der Waals surface area contributed by atoms with Crippen molar-refractivity contribution in [2.75, 3.05) is 11.1 Å². The van der Waals surface area contributed by atoms with E-state index < -0.39 is 0 Å². The van der Waals surface area contributed by atoms with Crippen LogP contribution in [0.2, 0.25) is 0 Å². The summed E-state index contributed by atoms with van der Waals surface area (Å²) in [5.74, 6) is 1.44. The summed E-state index contributed by atoms with van der Waals surface area (Å²) in [5, 5.41) is 3.13. The molecule has 0 saturated carbocycles. The molecule has 0 bridgehead atoms. The van der Waals surface area contributed by atoms with Crippen LogP contribution in [-0.4, -0.2) is 11.7 Å². The van der Waals surface area contributed by atoms with Crippen LogP contribution in [0.4, 0.5) is 5.69 Å². The smallest absolute Gasteiger partial charge is 0.234 e. The van der Waals surface area contributed by atoms with Gasteiger partial charge in [0.15, 0.2) is 0 Å². The Morgan fingerprint density at radius 2 is 1.67 bits per heavy atom. The number of anilines is 1. The van der Waals surface area contributed by atoms with Crippen molar-refractivity contribution in [3.63, 3.8) is 0 Å². The Kier molecular flexibility index (Phi) is 6.92. The van der Waals surface area contributed by atoms with Crippen LogP contribution >= 0.6 is 11.8 Å². The van der Waals surface area contributed by atoms with Crippen molar-refractivity contribution in [2.24, 2.45) is 0 Å². The largest absolute Gasteiger partial charge is 0.325 e. The number of rotatable bonds is 7. The van der Waals surface area contributed by atoms with E-state index in [2.05, 4.69) is 69.4 Å². The van der Waals surface area contributed by atoms with Crippen LogP contribution in [0.1, 0.15) is 41.7 Å². The normalized spacial score (nSPS) is 10.7. The zero-order chi connectivity index (χ0) is 17.5. The molecule has 2 aromatic rings. The third kappa shape index (κ3) is 4.88. The van der Waals surface area contributed by atoms with Gasteiger partial charge in [0.05, 0.1) is 5.75 Å². The summed E-state index contributed by atoms with van der Waals surface area (Å²) in [7, 11) is 0. The minimum Gasteiger partial charge on any atom is -0.325 e. The van der Waals surface area contributed by atoms with E-state index in [9.17, 15) is 4.79 Å². The molecule has 0 aliphatic carbocycles. The van der Waals surface area contributed by atoms with Crippen LogP contribution in [0.3, 0.4) is 0 Å².